The molecule has 1 amide bonds. The van der Waals surface area contributed by atoms with Crippen LogP contribution in [0.3, 0.4) is 0 Å². The summed E-state index contributed by atoms with van der Waals surface area (Å²) in [5.41, 5.74) is 2.60. The Balaban J connectivity index is 1.76. The van der Waals surface area contributed by atoms with Crippen molar-refractivity contribution in [3.63, 3.8) is 0 Å². The maximum absolute atomic E-state index is 12.9. The average Bonchev–Trinajstić information content (AvgIpc) is 2.69. The van der Waals surface area contributed by atoms with Gasteiger partial charge in [-0.2, -0.15) is 0 Å². The van der Waals surface area contributed by atoms with Crippen molar-refractivity contribution in [3.05, 3.63) is 94.0 Å². The zero-order chi connectivity index (χ0) is 19.1. The van der Waals surface area contributed by atoms with E-state index in [-0.39, 0.29) is 5.91 Å². The van der Waals surface area contributed by atoms with E-state index in [9.17, 15) is 4.79 Å². The van der Waals surface area contributed by atoms with Gasteiger partial charge in [-0.25, -0.2) is 0 Å². The standard InChI is InChI=1S/C20H18Cl2N4O/c21-16-3-4-17(18(22)10-16)19(25-13-15-2-1-7-24-11-15)20(27)26-12-14-5-8-23-9-6-14/h1-11,19,25H,12-13H2,(H,26,27). The molecular weight excluding hydrogens is 383 g/mol. The number of benzene rings is 1. The normalized spacial score (nSPS) is 11.8. The van der Waals surface area contributed by atoms with Gasteiger partial charge in [-0.05, 0) is 47.0 Å². The van der Waals surface area contributed by atoms with E-state index < -0.39 is 6.04 Å². The molecule has 1 aromatic carbocycles. The summed E-state index contributed by atoms with van der Waals surface area (Å²) < 4.78 is 0. The summed E-state index contributed by atoms with van der Waals surface area (Å²) in [6, 6.07) is 12.0. The second-order valence-corrected chi connectivity index (χ2v) is 6.76. The predicted octanol–water partition coefficient (Wildman–Crippen LogP) is 3.93. The third-order valence-corrected chi connectivity index (χ3v) is 4.55. The third-order valence-electron chi connectivity index (χ3n) is 3.98. The number of nitrogens with zero attached hydrogens (tertiary/aromatic N) is 2. The minimum absolute atomic E-state index is 0.181. The number of pyridine rings is 2. The van der Waals surface area contributed by atoms with E-state index in [0.29, 0.717) is 28.7 Å². The molecule has 0 aliphatic carbocycles. The van der Waals surface area contributed by atoms with Gasteiger partial charge in [0, 0.05) is 47.9 Å². The maximum atomic E-state index is 12.9. The van der Waals surface area contributed by atoms with Crippen molar-refractivity contribution in [2.75, 3.05) is 0 Å². The molecule has 0 spiro atoms. The van der Waals surface area contributed by atoms with E-state index in [4.69, 9.17) is 23.2 Å². The molecule has 7 heteroatoms. The number of amides is 1. The summed E-state index contributed by atoms with van der Waals surface area (Å²) in [6.07, 6.45) is 6.84. The first kappa shape index (κ1) is 19.3. The van der Waals surface area contributed by atoms with Crippen molar-refractivity contribution < 1.29 is 4.79 Å². The number of halogens is 2. The number of hydrogen-bond donors (Lipinski definition) is 2. The largest absolute Gasteiger partial charge is 0.350 e. The van der Waals surface area contributed by atoms with Crippen LogP contribution < -0.4 is 10.6 Å². The van der Waals surface area contributed by atoms with E-state index in [1.54, 1.807) is 43.0 Å². The first-order valence-corrected chi connectivity index (χ1v) is 9.13. The molecule has 3 rings (SSSR count). The monoisotopic (exact) mass is 400 g/mol. The summed E-state index contributed by atoms with van der Waals surface area (Å²) in [5, 5.41) is 7.15. The molecule has 0 saturated heterocycles. The molecule has 0 aliphatic rings. The lowest BCUT2D eigenvalue weighted by molar-refractivity contribution is -0.123. The van der Waals surface area contributed by atoms with Crippen LogP contribution in [0.15, 0.2) is 67.3 Å². The Hall–Kier alpha value is -2.47. The van der Waals surface area contributed by atoms with Crippen molar-refractivity contribution in [2.24, 2.45) is 0 Å². The third kappa shape index (κ3) is 5.50. The Morgan fingerprint density at radius 3 is 2.48 bits per heavy atom. The molecule has 3 aromatic rings. The van der Waals surface area contributed by atoms with Crippen LogP contribution in [-0.4, -0.2) is 15.9 Å². The van der Waals surface area contributed by atoms with Gasteiger partial charge in [-0.15, -0.1) is 0 Å². The summed E-state index contributed by atoms with van der Waals surface area (Å²) in [6.45, 7) is 0.873. The van der Waals surface area contributed by atoms with E-state index in [1.807, 2.05) is 24.3 Å². The average molecular weight is 401 g/mol. The zero-order valence-electron chi connectivity index (χ0n) is 14.4. The van der Waals surface area contributed by atoms with Crippen molar-refractivity contribution in [3.8, 4) is 0 Å². The van der Waals surface area contributed by atoms with Gasteiger partial charge in [0.15, 0.2) is 0 Å². The minimum atomic E-state index is -0.628. The van der Waals surface area contributed by atoms with Crippen LogP contribution >= 0.6 is 23.2 Å². The summed E-state index contributed by atoms with van der Waals surface area (Å²) in [5.74, 6) is -0.181. The number of aromatic nitrogens is 2. The summed E-state index contributed by atoms with van der Waals surface area (Å²) in [7, 11) is 0. The van der Waals surface area contributed by atoms with Gasteiger partial charge in [0.2, 0.25) is 5.91 Å². The van der Waals surface area contributed by atoms with Crippen LogP contribution in [0, 0.1) is 0 Å². The Kier molecular flexibility index (Phi) is 6.76. The molecule has 2 N–H and O–H groups in total. The number of nitrogens with one attached hydrogen (secondary N) is 2. The molecule has 5 nitrogen and oxygen atoms in total. The molecule has 0 bridgehead atoms. The minimum Gasteiger partial charge on any atom is -0.350 e. The number of carbonyl (C=O) groups is 1. The highest BCUT2D eigenvalue weighted by Gasteiger charge is 2.22. The lowest BCUT2D eigenvalue weighted by Gasteiger charge is -2.20. The van der Waals surface area contributed by atoms with Crippen molar-refractivity contribution in [2.45, 2.75) is 19.1 Å². The van der Waals surface area contributed by atoms with Gasteiger partial charge < -0.3 is 5.32 Å². The number of carbonyl (C=O) groups excluding carboxylic acids is 1. The SMILES string of the molecule is O=C(NCc1ccncc1)C(NCc1cccnc1)c1ccc(Cl)cc1Cl. The van der Waals surface area contributed by atoms with E-state index >= 15 is 0 Å². The first-order valence-electron chi connectivity index (χ1n) is 8.37. The molecule has 27 heavy (non-hydrogen) atoms. The quantitative estimate of drug-likeness (QED) is 0.630. The van der Waals surface area contributed by atoms with Crippen molar-refractivity contribution in [1.82, 2.24) is 20.6 Å². The fourth-order valence-corrected chi connectivity index (χ4v) is 3.11. The first-order chi connectivity index (χ1) is 13.1. The molecule has 0 radical (unpaired) electrons. The smallest absolute Gasteiger partial charge is 0.242 e. The number of hydrogen-bond acceptors (Lipinski definition) is 4. The lowest BCUT2D eigenvalue weighted by atomic mass is 10.1. The van der Waals surface area contributed by atoms with Gasteiger partial charge in [-0.3, -0.25) is 20.1 Å². The molecule has 138 valence electrons. The predicted molar refractivity (Wildman–Crippen MR) is 106 cm³/mol. The molecule has 1 atom stereocenters. The lowest BCUT2D eigenvalue weighted by Crippen LogP contribution is -2.37. The van der Waals surface area contributed by atoms with Crippen molar-refractivity contribution in [1.29, 1.82) is 0 Å². The molecule has 0 fully saturated rings. The summed E-state index contributed by atoms with van der Waals surface area (Å²) in [4.78, 5) is 21.0. The van der Waals surface area contributed by atoms with E-state index in [2.05, 4.69) is 20.6 Å². The van der Waals surface area contributed by atoms with Gasteiger partial charge >= 0.3 is 0 Å². The van der Waals surface area contributed by atoms with Gasteiger partial charge in [0.1, 0.15) is 6.04 Å². The second-order valence-electron chi connectivity index (χ2n) is 5.91. The van der Waals surface area contributed by atoms with Crippen molar-refractivity contribution >= 4 is 29.1 Å². The Labute approximate surface area is 167 Å². The van der Waals surface area contributed by atoms with Crippen LogP contribution in [0.1, 0.15) is 22.7 Å². The maximum Gasteiger partial charge on any atom is 0.242 e. The van der Waals surface area contributed by atoms with Crippen LogP contribution in [0.25, 0.3) is 0 Å². The highest BCUT2D eigenvalue weighted by atomic mass is 35.5. The Morgan fingerprint density at radius 1 is 0.963 bits per heavy atom. The Bertz CT molecular complexity index is 891. The highest BCUT2D eigenvalue weighted by molar-refractivity contribution is 6.35. The van der Waals surface area contributed by atoms with Gasteiger partial charge in [0.05, 0.1) is 0 Å². The molecule has 2 aromatic heterocycles. The molecular formula is C20H18Cl2N4O. The van der Waals surface area contributed by atoms with Crippen LogP contribution in [0.5, 0.6) is 0 Å². The Morgan fingerprint density at radius 2 is 1.78 bits per heavy atom. The molecule has 1 unspecified atom stereocenters. The molecule has 2 heterocycles. The number of rotatable bonds is 7. The molecule has 0 saturated carbocycles. The van der Waals surface area contributed by atoms with E-state index in [1.165, 1.54) is 0 Å². The highest BCUT2D eigenvalue weighted by Crippen LogP contribution is 2.27. The topological polar surface area (TPSA) is 66.9 Å². The van der Waals surface area contributed by atoms with E-state index in [0.717, 1.165) is 11.1 Å². The van der Waals surface area contributed by atoms with Gasteiger partial charge in [-0.1, -0.05) is 35.3 Å². The van der Waals surface area contributed by atoms with Crippen LogP contribution in [0.4, 0.5) is 0 Å². The zero-order valence-corrected chi connectivity index (χ0v) is 15.9. The summed E-state index contributed by atoms with van der Waals surface area (Å²) >= 11 is 12.3. The fourth-order valence-electron chi connectivity index (χ4n) is 2.59. The van der Waals surface area contributed by atoms with Crippen LogP contribution in [0.2, 0.25) is 10.0 Å². The fraction of sp³-hybridized carbons (Fsp3) is 0.150. The second kappa shape index (κ2) is 9.46. The van der Waals surface area contributed by atoms with Crippen LogP contribution in [-0.2, 0) is 17.9 Å². The molecule has 0 aliphatic heterocycles. The van der Waals surface area contributed by atoms with Gasteiger partial charge in [0.25, 0.3) is 0 Å².